The van der Waals surface area contributed by atoms with Crippen molar-refractivity contribution in [3.05, 3.63) is 24.3 Å². The van der Waals surface area contributed by atoms with Crippen molar-refractivity contribution in [2.24, 2.45) is 11.3 Å². The summed E-state index contributed by atoms with van der Waals surface area (Å²) in [5.41, 5.74) is -0.904. The first-order valence-corrected chi connectivity index (χ1v) is 9.30. The Bertz CT molecular complexity index is 700. The van der Waals surface area contributed by atoms with Crippen LogP contribution in [0.3, 0.4) is 0 Å². The van der Waals surface area contributed by atoms with Gasteiger partial charge in [-0.25, -0.2) is 8.42 Å². The second-order valence-electron chi connectivity index (χ2n) is 6.25. The van der Waals surface area contributed by atoms with E-state index in [0.29, 0.717) is 25.3 Å². The predicted octanol–water partition coefficient (Wildman–Crippen LogP) is 1.96. The molecule has 1 aliphatic heterocycles. The van der Waals surface area contributed by atoms with Crippen LogP contribution in [0.1, 0.15) is 26.2 Å². The number of hydrogen-bond donors (Lipinski definition) is 1. The van der Waals surface area contributed by atoms with Crippen molar-refractivity contribution in [1.29, 1.82) is 0 Å². The van der Waals surface area contributed by atoms with E-state index in [0.717, 1.165) is 12.8 Å². The summed E-state index contributed by atoms with van der Waals surface area (Å²) in [5, 5.41) is 9.59. The zero-order valence-electron chi connectivity index (χ0n) is 13.1. The Morgan fingerprint density at radius 3 is 2.65 bits per heavy atom. The molecule has 1 saturated heterocycles. The Labute approximate surface area is 136 Å². The third-order valence-corrected chi connectivity index (χ3v) is 6.86. The third-order valence-electron chi connectivity index (χ3n) is 5.04. The molecule has 1 aliphatic carbocycles. The quantitative estimate of drug-likeness (QED) is 0.886. The van der Waals surface area contributed by atoms with E-state index in [9.17, 15) is 18.3 Å². The van der Waals surface area contributed by atoms with Crippen LogP contribution in [0.2, 0.25) is 0 Å². The number of carbonyl (C=O) groups is 1. The van der Waals surface area contributed by atoms with Crippen LogP contribution in [0.25, 0.3) is 0 Å². The average Bonchev–Trinajstić information content (AvgIpc) is 3.06. The van der Waals surface area contributed by atoms with Crippen LogP contribution in [-0.4, -0.2) is 43.5 Å². The number of fused-ring (bicyclic) bond motifs is 1. The fourth-order valence-electron chi connectivity index (χ4n) is 3.80. The van der Waals surface area contributed by atoms with Gasteiger partial charge in [0.2, 0.25) is 10.0 Å². The summed E-state index contributed by atoms with van der Waals surface area (Å²) in [6.07, 6.45) is 2.19. The van der Waals surface area contributed by atoms with Crippen molar-refractivity contribution in [2.75, 3.05) is 19.7 Å². The lowest BCUT2D eigenvalue weighted by molar-refractivity contribution is -0.149. The summed E-state index contributed by atoms with van der Waals surface area (Å²) in [7, 11) is -3.67. The van der Waals surface area contributed by atoms with Gasteiger partial charge in [-0.15, -0.1) is 0 Å². The molecule has 0 aromatic heterocycles. The van der Waals surface area contributed by atoms with Crippen LogP contribution in [0.4, 0.5) is 0 Å². The van der Waals surface area contributed by atoms with Crippen molar-refractivity contribution >= 4 is 16.0 Å². The van der Waals surface area contributed by atoms with Crippen LogP contribution in [0.5, 0.6) is 5.75 Å². The average molecular weight is 339 g/mol. The molecule has 23 heavy (non-hydrogen) atoms. The molecule has 0 radical (unpaired) electrons. The third kappa shape index (κ3) is 2.61. The highest BCUT2D eigenvalue weighted by Crippen LogP contribution is 2.50. The number of carboxylic acid groups (broad SMARTS) is 1. The molecular weight excluding hydrogens is 318 g/mol. The molecule has 1 N–H and O–H groups in total. The molecule has 126 valence electrons. The smallest absolute Gasteiger partial charge is 0.311 e. The molecule has 7 heteroatoms. The maximum atomic E-state index is 12.8. The highest BCUT2D eigenvalue weighted by atomic mass is 32.2. The Balaban J connectivity index is 1.85. The van der Waals surface area contributed by atoms with Gasteiger partial charge in [0.25, 0.3) is 0 Å². The van der Waals surface area contributed by atoms with Crippen LogP contribution < -0.4 is 4.74 Å². The summed E-state index contributed by atoms with van der Waals surface area (Å²) >= 11 is 0. The molecule has 0 spiro atoms. The van der Waals surface area contributed by atoms with Gasteiger partial charge in [0.15, 0.2) is 0 Å². The number of benzene rings is 1. The minimum atomic E-state index is -3.67. The van der Waals surface area contributed by atoms with Crippen LogP contribution in [0, 0.1) is 11.3 Å². The van der Waals surface area contributed by atoms with Crippen molar-refractivity contribution < 1.29 is 23.1 Å². The van der Waals surface area contributed by atoms with Crippen molar-refractivity contribution in [1.82, 2.24) is 4.31 Å². The maximum absolute atomic E-state index is 12.8. The largest absolute Gasteiger partial charge is 0.494 e. The number of carboxylic acids is 1. The topological polar surface area (TPSA) is 83.9 Å². The number of hydrogen-bond acceptors (Lipinski definition) is 4. The van der Waals surface area contributed by atoms with Gasteiger partial charge in [-0.3, -0.25) is 4.79 Å². The van der Waals surface area contributed by atoms with Gasteiger partial charge < -0.3 is 9.84 Å². The van der Waals surface area contributed by atoms with Crippen LogP contribution in [0.15, 0.2) is 29.2 Å². The van der Waals surface area contributed by atoms with Gasteiger partial charge in [0, 0.05) is 13.1 Å². The van der Waals surface area contributed by atoms with Crippen molar-refractivity contribution in [2.45, 2.75) is 31.1 Å². The Hall–Kier alpha value is -1.60. The molecule has 1 saturated carbocycles. The van der Waals surface area contributed by atoms with Gasteiger partial charge in [0.1, 0.15) is 5.75 Å². The van der Waals surface area contributed by atoms with Crippen LogP contribution >= 0.6 is 0 Å². The van der Waals surface area contributed by atoms with E-state index in [1.165, 1.54) is 16.4 Å². The molecule has 2 fully saturated rings. The zero-order valence-corrected chi connectivity index (χ0v) is 13.9. The van der Waals surface area contributed by atoms with Gasteiger partial charge >= 0.3 is 5.97 Å². The summed E-state index contributed by atoms with van der Waals surface area (Å²) in [6.45, 7) is 2.74. The summed E-state index contributed by atoms with van der Waals surface area (Å²) in [5.74, 6) is -0.339. The van der Waals surface area contributed by atoms with Crippen LogP contribution in [-0.2, 0) is 14.8 Å². The zero-order chi connectivity index (χ0) is 16.7. The Morgan fingerprint density at radius 2 is 2.09 bits per heavy atom. The van der Waals surface area contributed by atoms with Crippen molar-refractivity contribution in [3.8, 4) is 5.75 Å². The predicted molar refractivity (Wildman–Crippen MR) is 83.8 cm³/mol. The van der Waals surface area contributed by atoms with Gasteiger partial charge in [0.05, 0.1) is 16.9 Å². The number of nitrogens with zero attached hydrogens (tertiary/aromatic N) is 1. The van der Waals surface area contributed by atoms with E-state index in [2.05, 4.69) is 0 Å². The molecule has 2 atom stereocenters. The van der Waals surface area contributed by atoms with E-state index >= 15 is 0 Å². The molecular formula is C16H21NO5S. The molecule has 0 amide bonds. The van der Waals surface area contributed by atoms with E-state index in [-0.39, 0.29) is 17.4 Å². The fraction of sp³-hybridized carbons (Fsp3) is 0.562. The normalized spacial score (nSPS) is 27.8. The van der Waals surface area contributed by atoms with Gasteiger partial charge in [-0.2, -0.15) is 4.31 Å². The number of sulfonamides is 1. The molecule has 1 aromatic rings. The minimum Gasteiger partial charge on any atom is -0.494 e. The van der Waals surface area contributed by atoms with E-state index in [1.54, 1.807) is 12.1 Å². The summed E-state index contributed by atoms with van der Waals surface area (Å²) < 4.78 is 32.2. The van der Waals surface area contributed by atoms with Gasteiger partial charge in [-0.1, -0.05) is 6.42 Å². The molecule has 2 aliphatic rings. The number of aliphatic carboxylic acids is 1. The fourth-order valence-corrected chi connectivity index (χ4v) is 5.35. The maximum Gasteiger partial charge on any atom is 0.311 e. The Kier molecular flexibility index (Phi) is 4.10. The van der Waals surface area contributed by atoms with E-state index in [4.69, 9.17) is 4.74 Å². The summed E-state index contributed by atoms with van der Waals surface area (Å²) in [6, 6.07) is 6.28. The van der Waals surface area contributed by atoms with E-state index < -0.39 is 21.4 Å². The first-order valence-electron chi connectivity index (χ1n) is 7.86. The molecule has 3 rings (SSSR count). The lowest BCUT2D eigenvalue weighted by Crippen LogP contribution is -2.37. The molecule has 1 aromatic carbocycles. The highest BCUT2D eigenvalue weighted by molar-refractivity contribution is 7.89. The molecule has 0 unspecified atom stereocenters. The lowest BCUT2D eigenvalue weighted by Gasteiger charge is -2.23. The number of rotatable bonds is 5. The first-order chi connectivity index (χ1) is 10.9. The van der Waals surface area contributed by atoms with Crippen molar-refractivity contribution in [3.63, 3.8) is 0 Å². The lowest BCUT2D eigenvalue weighted by atomic mass is 9.81. The monoisotopic (exact) mass is 339 g/mol. The minimum absolute atomic E-state index is 0.0720. The number of ether oxygens (including phenoxy) is 1. The highest BCUT2D eigenvalue weighted by Gasteiger charge is 2.57. The standard InChI is InChI=1S/C16H21NO5S/c1-2-22-13-5-7-14(8-6-13)23(20,21)17-10-12-4-3-9-16(12,11-17)15(18)19/h5-8,12H,2-4,9-11H2,1H3,(H,18,19)/t12-,16+/m0/s1. The SMILES string of the molecule is CCOc1ccc(S(=O)(=O)N2C[C@@H]3CCC[C@@]3(C(=O)O)C2)cc1. The Morgan fingerprint density at radius 1 is 1.39 bits per heavy atom. The second kappa shape index (κ2) is 5.79. The molecule has 6 nitrogen and oxygen atoms in total. The van der Waals surface area contributed by atoms with E-state index in [1.807, 2.05) is 6.92 Å². The first kappa shape index (κ1) is 16.3. The molecule has 1 heterocycles. The van der Waals surface area contributed by atoms with Gasteiger partial charge in [-0.05, 0) is 49.9 Å². The molecule has 0 bridgehead atoms. The second-order valence-corrected chi connectivity index (χ2v) is 8.19. The summed E-state index contributed by atoms with van der Waals surface area (Å²) in [4.78, 5) is 11.9.